The van der Waals surface area contributed by atoms with Gasteiger partial charge >= 0.3 is 0 Å². The Hall–Kier alpha value is -3.15. The van der Waals surface area contributed by atoms with Crippen molar-refractivity contribution in [3.8, 4) is 28.7 Å². The van der Waals surface area contributed by atoms with E-state index in [1.807, 2.05) is 6.92 Å². The summed E-state index contributed by atoms with van der Waals surface area (Å²) < 4.78 is 26.6. The molecule has 0 saturated heterocycles. The highest BCUT2D eigenvalue weighted by Gasteiger charge is 2.15. The van der Waals surface area contributed by atoms with Gasteiger partial charge in [0.15, 0.2) is 17.3 Å². The normalized spacial score (nSPS) is 10.6. The predicted octanol–water partition coefficient (Wildman–Crippen LogP) is 3.93. The molecule has 0 unspecified atom stereocenters. The molecular weight excluding hydrogens is 348 g/mol. The molecule has 0 bridgehead atoms. The fourth-order valence-corrected chi connectivity index (χ4v) is 2.71. The van der Waals surface area contributed by atoms with Crippen LogP contribution in [0.5, 0.6) is 28.7 Å². The number of carbonyl (C=O) groups excluding carboxylic acids is 1. The van der Waals surface area contributed by atoms with Crippen molar-refractivity contribution < 1.29 is 28.5 Å². The molecule has 0 aliphatic rings. The number of benzene rings is 2. The van der Waals surface area contributed by atoms with Crippen molar-refractivity contribution in [3.63, 3.8) is 0 Å². The summed E-state index contributed by atoms with van der Waals surface area (Å²) in [5.74, 6) is 2.46. The second-order valence-corrected chi connectivity index (χ2v) is 5.68. The van der Waals surface area contributed by atoms with Crippen molar-refractivity contribution in [2.24, 2.45) is 0 Å². The molecule has 0 fully saturated rings. The summed E-state index contributed by atoms with van der Waals surface area (Å²) in [5, 5.41) is 0. The molecule has 144 valence electrons. The highest BCUT2D eigenvalue weighted by molar-refractivity contribution is 6.09. The minimum atomic E-state index is -0.189. The van der Waals surface area contributed by atoms with E-state index in [1.54, 1.807) is 51.7 Å². The van der Waals surface area contributed by atoms with Crippen molar-refractivity contribution >= 4 is 11.9 Å². The fraction of sp³-hybridized carbons (Fsp3) is 0.286. The predicted molar refractivity (Wildman–Crippen MR) is 104 cm³/mol. The summed E-state index contributed by atoms with van der Waals surface area (Å²) in [6.07, 6.45) is 3.16. The molecule has 0 heterocycles. The number of ketones is 1. The summed E-state index contributed by atoms with van der Waals surface area (Å²) in [7, 11) is 7.72. The number of hydrogen-bond donors (Lipinski definition) is 0. The van der Waals surface area contributed by atoms with Crippen molar-refractivity contribution in [2.75, 3.05) is 35.5 Å². The van der Waals surface area contributed by atoms with Crippen LogP contribution in [-0.2, 0) is 0 Å². The lowest BCUT2D eigenvalue weighted by Crippen LogP contribution is -2.01. The van der Waals surface area contributed by atoms with E-state index in [0.29, 0.717) is 34.3 Å². The first-order chi connectivity index (χ1) is 13.0. The maximum Gasteiger partial charge on any atom is 0.203 e. The Morgan fingerprint density at radius 1 is 0.741 bits per heavy atom. The quantitative estimate of drug-likeness (QED) is 0.517. The van der Waals surface area contributed by atoms with E-state index in [-0.39, 0.29) is 5.78 Å². The van der Waals surface area contributed by atoms with Gasteiger partial charge in [0.05, 0.1) is 41.1 Å². The summed E-state index contributed by atoms with van der Waals surface area (Å²) in [6.45, 7) is 1.87. The average Bonchev–Trinajstić information content (AvgIpc) is 2.70. The van der Waals surface area contributed by atoms with Crippen molar-refractivity contribution in [2.45, 2.75) is 6.92 Å². The van der Waals surface area contributed by atoms with Crippen LogP contribution in [0.4, 0.5) is 0 Å². The lowest BCUT2D eigenvalue weighted by molar-refractivity contribution is 0.104. The van der Waals surface area contributed by atoms with Crippen LogP contribution in [0.3, 0.4) is 0 Å². The molecular formula is C21H24O6. The molecule has 2 aromatic rings. The Morgan fingerprint density at radius 3 is 1.78 bits per heavy atom. The van der Waals surface area contributed by atoms with Gasteiger partial charge in [0.1, 0.15) is 11.5 Å². The zero-order chi connectivity index (χ0) is 20.0. The van der Waals surface area contributed by atoms with Crippen LogP contribution in [0.2, 0.25) is 0 Å². The van der Waals surface area contributed by atoms with Crippen molar-refractivity contribution in [1.29, 1.82) is 0 Å². The second-order valence-electron chi connectivity index (χ2n) is 5.68. The van der Waals surface area contributed by atoms with Gasteiger partial charge in [0, 0.05) is 6.07 Å². The molecule has 0 amide bonds. The van der Waals surface area contributed by atoms with E-state index in [9.17, 15) is 4.79 Å². The van der Waals surface area contributed by atoms with E-state index >= 15 is 0 Å². The Labute approximate surface area is 159 Å². The Bertz CT molecular complexity index is 829. The molecule has 2 rings (SSSR count). The minimum Gasteiger partial charge on any atom is -0.496 e. The monoisotopic (exact) mass is 372 g/mol. The second kappa shape index (κ2) is 8.98. The first-order valence-corrected chi connectivity index (χ1v) is 8.24. The third-order valence-corrected chi connectivity index (χ3v) is 4.10. The van der Waals surface area contributed by atoms with E-state index in [4.69, 9.17) is 23.7 Å². The summed E-state index contributed by atoms with van der Waals surface area (Å²) >= 11 is 0. The Kier molecular flexibility index (Phi) is 6.71. The third kappa shape index (κ3) is 4.34. The highest BCUT2D eigenvalue weighted by Crippen LogP contribution is 2.38. The van der Waals surface area contributed by atoms with Gasteiger partial charge in [-0.3, -0.25) is 4.79 Å². The molecule has 27 heavy (non-hydrogen) atoms. The number of carbonyl (C=O) groups is 1. The number of methoxy groups -OCH3 is 5. The lowest BCUT2D eigenvalue weighted by atomic mass is 10.0. The van der Waals surface area contributed by atoms with Crippen LogP contribution < -0.4 is 23.7 Å². The summed E-state index contributed by atoms with van der Waals surface area (Å²) in [6, 6.07) is 6.98. The first-order valence-electron chi connectivity index (χ1n) is 8.24. The Balaban J connectivity index is 2.38. The van der Waals surface area contributed by atoms with Crippen molar-refractivity contribution in [1.82, 2.24) is 0 Å². The molecule has 0 saturated carbocycles. The standard InChI is InChI=1S/C21H24O6/c1-13-9-15(18(24-3)12-17(13)23-2)16(22)8-7-14-10-19(25-4)21(27-6)20(11-14)26-5/h7-12H,1-6H3/b8-7+. The highest BCUT2D eigenvalue weighted by atomic mass is 16.5. The average molecular weight is 372 g/mol. The molecule has 2 aromatic carbocycles. The van der Waals surface area contributed by atoms with Gasteiger partial charge in [0.2, 0.25) is 5.75 Å². The maximum atomic E-state index is 12.7. The summed E-state index contributed by atoms with van der Waals surface area (Å²) in [4.78, 5) is 12.7. The SMILES string of the molecule is COc1cc(OC)c(C(=O)/C=C/c2cc(OC)c(OC)c(OC)c2)cc1C. The van der Waals surface area contributed by atoms with Gasteiger partial charge < -0.3 is 23.7 Å². The zero-order valence-electron chi connectivity index (χ0n) is 16.4. The smallest absolute Gasteiger partial charge is 0.203 e. The van der Waals surface area contributed by atoms with E-state index in [1.165, 1.54) is 20.3 Å². The van der Waals surface area contributed by atoms with Crippen LogP contribution in [-0.4, -0.2) is 41.3 Å². The zero-order valence-corrected chi connectivity index (χ0v) is 16.4. The fourth-order valence-electron chi connectivity index (χ4n) is 2.71. The van der Waals surface area contributed by atoms with Gasteiger partial charge in [-0.15, -0.1) is 0 Å². The number of ether oxygens (including phenoxy) is 5. The van der Waals surface area contributed by atoms with Gasteiger partial charge in [-0.2, -0.15) is 0 Å². The van der Waals surface area contributed by atoms with E-state index in [0.717, 1.165) is 11.1 Å². The minimum absolute atomic E-state index is 0.189. The molecule has 0 N–H and O–H groups in total. The molecule has 6 nitrogen and oxygen atoms in total. The first kappa shape index (κ1) is 20.2. The van der Waals surface area contributed by atoms with Gasteiger partial charge in [-0.25, -0.2) is 0 Å². The van der Waals surface area contributed by atoms with Crippen LogP contribution in [0.15, 0.2) is 30.3 Å². The third-order valence-electron chi connectivity index (χ3n) is 4.10. The van der Waals surface area contributed by atoms with Gasteiger partial charge in [-0.05, 0) is 42.3 Å². The molecule has 0 radical (unpaired) electrons. The van der Waals surface area contributed by atoms with Gasteiger partial charge in [-0.1, -0.05) is 6.08 Å². The molecule has 0 atom stereocenters. The topological polar surface area (TPSA) is 63.2 Å². The number of aryl methyl sites for hydroxylation is 1. The van der Waals surface area contributed by atoms with E-state index < -0.39 is 0 Å². The number of hydrogen-bond acceptors (Lipinski definition) is 6. The number of allylic oxidation sites excluding steroid dienone is 1. The van der Waals surface area contributed by atoms with Crippen LogP contribution in [0.1, 0.15) is 21.5 Å². The Morgan fingerprint density at radius 2 is 1.30 bits per heavy atom. The van der Waals surface area contributed by atoms with Crippen molar-refractivity contribution in [3.05, 3.63) is 47.0 Å². The van der Waals surface area contributed by atoms with Crippen LogP contribution in [0, 0.1) is 6.92 Å². The van der Waals surface area contributed by atoms with Crippen LogP contribution in [0.25, 0.3) is 6.08 Å². The molecule has 0 aliphatic carbocycles. The largest absolute Gasteiger partial charge is 0.496 e. The molecule has 0 aromatic heterocycles. The summed E-state index contributed by atoms with van der Waals surface area (Å²) in [5.41, 5.74) is 2.05. The molecule has 0 spiro atoms. The lowest BCUT2D eigenvalue weighted by Gasteiger charge is -2.13. The maximum absolute atomic E-state index is 12.7. The van der Waals surface area contributed by atoms with Crippen LogP contribution >= 0.6 is 0 Å². The number of rotatable bonds is 8. The molecule has 6 heteroatoms. The van der Waals surface area contributed by atoms with E-state index in [2.05, 4.69) is 0 Å². The van der Waals surface area contributed by atoms with Gasteiger partial charge in [0.25, 0.3) is 0 Å². The molecule has 0 aliphatic heterocycles.